The van der Waals surface area contributed by atoms with Gasteiger partial charge in [0.2, 0.25) is 5.82 Å². The van der Waals surface area contributed by atoms with E-state index in [0.29, 0.717) is 36.6 Å². The summed E-state index contributed by atoms with van der Waals surface area (Å²) in [6.07, 6.45) is -2.23. The zero-order valence-electron chi connectivity index (χ0n) is 15.0. The SMILES string of the molecule is Fc1cc(F)c(-c2nc3n(c2-c2ccc4nnc(C(F)(F)F)n4c2)CCC3)cc1F. The van der Waals surface area contributed by atoms with E-state index in [-0.39, 0.29) is 22.5 Å². The highest BCUT2D eigenvalue weighted by atomic mass is 19.4. The van der Waals surface area contributed by atoms with Gasteiger partial charge in [-0.15, -0.1) is 10.2 Å². The van der Waals surface area contributed by atoms with Gasteiger partial charge >= 0.3 is 6.18 Å². The maximum absolute atomic E-state index is 14.5. The number of aromatic nitrogens is 5. The summed E-state index contributed by atoms with van der Waals surface area (Å²) in [6.45, 7) is 0.509. The Morgan fingerprint density at radius 2 is 1.70 bits per heavy atom. The molecule has 0 saturated carbocycles. The van der Waals surface area contributed by atoms with Gasteiger partial charge in [-0.05, 0) is 24.6 Å². The molecule has 4 heterocycles. The average Bonchev–Trinajstić information content (AvgIpc) is 3.37. The minimum atomic E-state index is -4.73. The van der Waals surface area contributed by atoms with E-state index in [4.69, 9.17) is 0 Å². The Hall–Kier alpha value is -3.37. The third kappa shape index (κ3) is 2.76. The largest absolute Gasteiger partial charge is 0.452 e. The molecule has 0 N–H and O–H groups in total. The minimum Gasteiger partial charge on any atom is -0.327 e. The average molecular weight is 423 g/mol. The summed E-state index contributed by atoms with van der Waals surface area (Å²) in [7, 11) is 0. The second kappa shape index (κ2) is 6.31. The van der Waals surface area contributed by atoms with Gasteiger partial charge in [-0.1, -0.05) is 0 Å². The summed E-state index contributed by atoms with van der Waals surface area (Å²) in [5, 5.41) is 6.71. The fourth-order valence-corrected chi connectivity index (χ4v) is 3.73. The number of hydrogen-bond acceptors (Lipinski definition) is 3. The number of alkyl halides is 3. The number of imidazole rings is 1. The number of pyridine rings is 1. The van der Waals surface area contributed by atoms with Gasteiger partial charge in [0.05, 0.1) is 11.4 Å². The third-order valence-corrected chi connectivity index (χ3v) is 5.02. The highest BCUT2D eigenvalue weighted by Crippen LogP contribution is 2.38. The normalized spacial score (nSPS) is 13.9. The molecule has 0 saturated heterocycles. The van der Waals surface area contributed by atoms with E-state index >= 15 is 0 Å². The van der Waals surface area contributed by atoms with Crippen molar-refractivity contribution in [1.82, 2.24) is 24.1 Å². The fourth-order valence-electron chi connectivity index (χ4n) is 3.73. The van der Waals surface area contributed by atoms with Crippen LogP contribution < -0.4 is 0 Å². The molecule has 0 radical (unpaired) electrons. The highest BCUT2D eigenvalue weighted by molar-refractivity contribution is 5.80. The Morgan fingerprint density at radius 1 is 0.933 bits per heavy atom. The Labute approximate surface area is 164 Å². The molecule has 0 unspecified atom stereocenters. The van der Waals surface area contributed by atoms with E-state index in [1.54, 1.807) is 4.57 Å². The number of halogens is 6. The smallest absolute Gasteiger partial charge is 0.327 e. The van der Waals surface area contributed by atoms with Crippen molar-refractivity contribution in [2.45, 2.75) is 25.6 Å². The summed E-state index contributed by atoms with van der Waals surface area (Å²) < 4.78 is 84.0. The molecular formula is C19H11F6N5. The van der Waals surface area contributed by atoms with Gasteiger partial charge in [-0.2, -0.15) is 13.2 Å². The van der Waals surface area contributed by atoms with Crippen LogP contribution in [0.1, 0.15) is 18.1 Å². The van der Waals surface area contributed by atoms with E-state index in [0.717, 1.165) is 10.8 Å². The standard InChI is InChI=1S/C19H11F6N5/c20-11-7-13(22)12(21)6-10(11)16-17(29-5-1-2-14(29)26-16)9-3-4-15-27-28-18(19(23,24)25)30(15)8-9/h3-4,6-8H,1-2,5H2. The maximum Gasteiger partial charge on any atom is 0.452 e. The molecule has 5 nitrogen and oxygen atoms in total. The molecule has 1 aliphatic heterocycles. The van der Waals surface area contributed by atoms with Crippen molar-refractivity contribution in [2.75, 3.05) is 0 Å². The lowest BCUT2D eigenvalue weighted by Gasteiger charge is -2.11. The van der Waals surface area contributed by atoms with Gasteiger partial charge in [0.1, 0.15) is 11.6 Å². The van der Waals surface area contributed by atoms with Crippen molar-refractivity contribution in [1.29, 1.82) is 0 Å². The lowest BCUT2D eigenvalue weighted by atomic mass is 10.0. The van der Waals surface area contributed by atoms with Crippen molar-refractivity contribution in [3.63, 3.8) is 0 Å². The third-order valence-electron chi connectivity index (χ3n) is 5.02. The van der Waals surface area contributed by atoms with Crippen LogP contribution in [-0.2, 0) is 19.1 Å². The molecule has 0 amide bonds. The first-order valence-corrected chi connectivity index (χ1v) is 8.90. The molecule has 0 aliphatic carbocycles. The van der Waals surface area contributed by atoms with Crippen molar-refractivity contribution >= 4 is 5.65 Å². The monoisotopic (exact) mass is 423 g/mol. The first kappa shape index (κ1) is 18.6. The molecule has 0 atom stereocenters. The molecule has 0 spiro atoms. The van der Waals surface area contributed by atoms with Crippen molar-refractivity contribution < 1.29 is 26.3 Å². The maximum atomic E-state index is 14.5. The first-order valence-electron chi connectivity index (χ1n) is 8.90. The Balaban J connectivity index is 1.77. The van der Waals surface area contributed by atoms with E-state index in [2.05, 4.69) is 15.2 Å². The molecule has 4 aromatic rings. The lowest BCUT2D eigenvalue weighted by Crippen LogP contribution is -2.11. The van der Waals surface area contributed by atoms with E-state index < -0.39 is 29.5 Å². The van der Waals surface area contributed by atoms with Crippen molar-refractivity contribution in [3.05, 3.63) is 59.6 Å². The summed E-state index contributed by atoms with van der Waals surface area (Å²) in [5.41, 5.74) is 0.337. The van der Waals surface area contributed by atoms with Gasteiger partial charge in [0.15, 0.2) is 17.3 Å². The van der Waals surface area contributed by atoms with Crippen molar-refractivity contribution in [3.8, 4) is 22.5 Å². The zero-order valence-corrected chi connectivity index (χ0v) is 15.0. The predicted molar refractivity (Wildman–Crippen MR) is 92.8 cm³/mol. The number of aryl methyl sites for hydroxylation is 1. The fraction of sp³-hybridized carbons (Fsp3) is 0.211. The Bertz CT molecular complexity index is 1300. The number of nitrogens with zero attached hydrogens (tertiary/aromatic N) is 5. The second-order valence-electron chi connectivity index (χ2n) is 6.89. The van der Waals surface area contributed by atoms with Crippen LogP contribution in [-0.4, -0.2) is 24.1 Å². The van der Waals surface area contributed by atoms with Gasteiger partial charge in [-0.3, -0.25) is 4.40 Å². The minimum absolute atomic E-state index is 0.0206. The topological polar surface area (TPSA) is 48.0 Å². The Morgan fingerprint density at radius 3 is 2.47 bits per heavy atom. The van der Waals surface area contributed by atoms with Gasteiger partial charge < -0.3 is 4.57 Å². The summed E-state index contributed by atoms with van der Waals surface area (Å²) in [4.78, 5) is 4.38. The van der Waals surface area contributed by atoms with E-state index in [1.807, 2.05) is 0 Å². The van der Waals surface area contributed by atoms with Crippen LogP contribution in [0.3, 0.4) is 0 Å². The molecule has 5 rings (SSSR count). The second-order valence-corrected chi connectivity index (χ2v) is 6.89. The molecule has 0 fully saturated rings. The van der Waals surface area contributed by atoms with Crippen LogP contribution in [0.15, 0.2) is 30.5 Å². The van der Waals surface area contributed by atoms with E-state index in [1.165, 1.54) is 18.3 Å². The number of benzene rings is 1. The molecule has 30 heavy (non-hydrogen) atoms. The molecule has 1 aromatic carbocycles. The zero-order chi connectivity index (χ0) is 21.2. The van der Waals surface area contributed by atoms with Crippen LogP contribution in [0.4, 0.5) is 26.3 Å². The van der Waals surface area contributed by atoms with Crippen LogP contribution in [0.5, 0.6) is 0 Å². The van der Waals surface area contributed by atoms with Crippen LogP contribution in [0.2, 0.25) is 0 Å². The number of hydrogen-bond donors (Lipinski definition) is 0. The van der Waals surface area contributed by atoms with Crippen LogP contribution in [0, 0.1) is 17.5 Å². The number of fused-ring (bicyclic) bond motifs is 2. The molecule has 0 bridgehead atoms. The van der Waals surface area contributed by atoms with E-state index in [9.17, 15) is 26.3 Å². The van der Waals surface area contributed by atoms with Gasteiger partial charge in [-0.25, -0.2) is 18.2 Å². The summed E-state index contributed by atoms with van der Waals surface area (Å²) in [5.74, 6) is -4.23. The lowest BCUT2D eigenvalue weighted by molar-refractivity contribution is -0.145. The van der Waals surface area contributed by atoms with Crippen LogP contribution in [0.25, 0.3) is 28.2 Å². The quantitative estimate of drug-likeness (QED) is 0.349. The molecule has 3 aromatic heterocycles. The molecular weight excluding hydrogens is 412 g/mol. The predicted octanol–water partition coefficient (Wildman–Crippen LogP) is 4.64. The Kier molecular flexibility index (Phi) is 3.92. The van der Waals surface area contributed by atoms with Crippen molar-refractivity contribution in [2.24, 2.45) is 0 Å². The summed E-state index contributed by atoms with van der Waals surface area (Å²) >= 11 is 0. The molecule has 11 heteroatoms. The number of rotatable bonds is 2. The molecule has 154 valence electrons. The van der Waals surface area contributed by atoms with Gasteiger partial charge in [0, 0.05) is 36.4 Å². The van der Waals surface area contributed by atoms with Gasteiger partial charge in [0.25, 0.3) is 0 Å². The highest BCUT2D eigenvalue weighted by Gasteiger charge is 2.37. The van der Waals surface area contributed by atoms with Crippen LogP contribution >= 0.6 is 0 Å². The first-order chi connectivity index (χ1) is 14.2. The molecule has 1 aliphatic rings. The summed E-state index contributed by atoms with van der Waals surface area (Å²) in [6, 6.07) is 3.97.